The summed E-state index contributed by atoms with van der Waals surface area (Å²) in [6, 6.07) is 13.3. The molecule has 2 aromatic rings. The van der Waals surface area contributed by atoms with Crippen molar-refractivity contribution in [2.24, 2.45) is 0 Å². The van der Waals surface area contributed by atoms with Crippen LogP contribution in [0.15, 0.2) is 53.4 Å². The highest BCUT2D eigenvalue weighted by Gasteiger charge is 2.14. The molecule has 0 amide bonds. The molecule has 0 saturated carbocycles. The molecule has 0 heterocycles. The molecule has 0 aromatic heterocycles. The van der Waals surface area contributed by atoms with Gasteiger partial charge in [0.05, 0.1) is 4.90 Å². The van der Waals surface area contributed by atoms with Crippen LogP contribution < -0.4 is 4.72 Å². The molecule has 0 aliphatic carbocycles. The van der Waals surface area contributed by atoms with Crippen LogP contribution in [0.5, 0.6) is 0 Å². The fourth-order valence-corrected chi connectivity index (χ4v) is 2.83. The van der Waals surface area contributed by atoms with Crippen LogP contribution in [-0.4, -0.2) is 8.42 Å². The Kier molecular flexibility index (Phi) is 3.59. The molecule has 2 rings (SSSR count). The minimum Gasteiger partial charge on any atom is -0.280 e. The highest BCUT2D eigenvalue weighted by atomic mass is 35.5. The molecular weight excluding hydrogens is 270 g/mol. The van der Waals surface area contributed by atoms with E-state index >= 15 is 0 Å². The largest absolute Gasteiger partial charge is 0.280 e. The van der Waals surface area contributed by atoms with E-state index in [0.29, 0.717) is 10.7 Å². The molecule has 0 unspecified atom stereocenters. The molecule has 5 heteroatoms. The van der Waals surface area contributed by atoms with E-state index in [1.54, 1.807) is 24.3 Å². The third kappa shape index (κ3) is 3.03. The first kappa shape index (κ1) is 12.9. The second-order valence-electron chi connectivity index (χ2n) is 3.93. The maximum Gasteiger partial charge on any atom is 0.261 e. The van der Waals surface area contributed by atoms with Crippen molar-refractivity contribution in [2.75, 3.05) is 4.72 Å². The van der Waals surface area contributed by atoms with Gasteiger partial charge in [0, 0.05) is 10.7 Å². The van der Waals surface area contributed by atoms with Crippen LogP contribution in [0.2, 0.25) is 5.02 Å². The number of hydrogen-bond donors (Lipinski definition) is 1. The van der Waals surface area contributed by atoms with Crippen molar-refractivity contribution < 1.29 is 8.42 Å². The smallest absolute Gasteiger partial charge is 0.261 e. The minimum atomic E-state index is -3.58. The Hall–Kier alpha value is -1.52. The molecule has 1 N–H and O–H groups in total. The van der Waals surface area contributed by atoms with Crippen LogP contribution in [0.3, 0.4) is 0 Å². The fraction of sp³-hybridized carbons (Fsp3) is 0.0769. The normalized spacial score (nSPS) is 11.2. The molecule has 0 aliphatic rings. The highest BCUT2D eigenvalue weighted by molar-refractivity contribution is 7.92. The topological polar surface area (TPSA) is 46.2 Å². The van der Waals surface area contributed by atoms with Gasteiger partial charge >= 0.3 is 0 Å². The van der Waals surface area contributed by atoms with Crippen LogP contribution >= 0.6 is 11.6 Å². The summed E-state index contributed by atoms with van der Waals surface area (Å²) in [6.07, 6.45) is 0. The van der Waals surface area contributed by atoms with Gasteiger partial charge in [-0.05, 0) is 37.3 Å². The first-order valence-electron chi connectivity index (χ1n) is 5.32. The lowest BCUT2D eigenvalue weighted by Gasteiger charge is -2.08. The van der Waals surface area contributed by atoms with Crippen LogP contribution in [0.1, 0.15) is 5.56 Å². The second-order valence-corrected chi connectivity index (χ2v) is 6.05. The summed E-state index contributed by atoms with van der Waals surface area (Å²) in [4.78, 5) is 0.149. The summed E-state index contributed by atoms with van der Waals surface area (Å²) in [5, 5.41) is 0.391. The summed E-state index contributed by atoms with van der Waals surface area (Å²) < 4.78 is 26.6. The number of rotatable bonds is 3. The van der Waals surface area contributed by atoms with Crippen LogP contribution in [0.4, 0.5) is 5.69 Å². The van der Waals surface area contributed by atoms with E-state index in [2.05, 4.69) is 4.72 Å². The summed E-state index contributed by atoms with van der Waals surface area (Å²) in [7, 11) is -3.58. The SMILES string of the molecule is Cc1ccc(NS(=O)(=O)c2cccc(Cl)c2)cc1. The average molecular weight is 282 g/mol. The lowest BCUT2D eigenvalue weighted by atomic mass is 10.2. The zero-order chi connectivity index (χ0) is 13.2. The van der Waals surface area contributed by atoms with Gasteiger partial charge < -0.3 is 0 Å². The third-order valence-corrected chi connectivity index (χ3v) is 4.02. The maximum absolute atomic E-state index is 12.1. The highest BCUT2D eigenvalue weighted by Crippen LogP contribution is 2.19. The van der Waals surface area contributed by atoms with Crippen LogP contribution in [-0.2, 0) is 10.0 Å². The van der Waals surface area contributed by atoms with Gasteiger partial charge in [-0.3, -0.25) is 4.72 Å². The zero-order valence-electron chi connectivity index (χ0n) is 9.72. The fourth-order valence-electron chi connectivity index (χ4n) is 1.47. The predicted octanol–water partition coefficient (Wildman–Crippen LogP) is 3.45. The van der Waals surface area contributed by atoms with Crippen LogP contribution in [0.25, 0.3) is 0 Å². The van der Waals surface area contributed by atoms with Gasteiger partial charge in [0.2, 0.25) is 0 Å². The standard InChI is InChI=1S/C13H12ClNO2S/c1-10-5-7-12(8-6-10)15-18(16,17)13-4-2-3-11(14)9-13/h2-9,15H,1H3. The lowest BCUT2D eigenvalue weighted by molar-refractivity contribution is 0.601. The number of hydrogen-bond acceptors (Lipinski definition) is 2. The first-order chi connectivity index (χ1) is 8.47. The Bertz CT molecular complexity index is 651. The minimum absolute atomic E-state index is 0.149. The third-order valence-electron chi connectivity index (χ3n) is 2.41. The van der Waals surface area contributed by atoms with Crippen molar-refractivity contribution >= 4 is 27.3 Å². The molecule has 0 saturated heterocycles. The summed E-state index contributed by atoms with van der Waals surface area (Å²) in [5.41, 5.74) is 1.60. The van der Waals surface area contributed by atoms with Crippen molar-refractivity contribution in [1.29, 1.82) is 0 Å². The van der Waals surface area contributed by atoms with Crippen molar-refractivity contribution in [2.45, 2.75) is 11.8 Å². The van der Waals surface area contributed by atoms with Gasteiger partial charge in [0.1, 0.15) is 0 Å². The lowest BCUT2D eigenvalue weighted by Crippen LogP contribution is -2.12. The molecule has 0 atom stereocenters. The molecule has 94 valence electrons. The Morgan fingerprint density at radius 3 is 2.33 bits per heavy atom. The summed E-state index contributed by atoms with van der Waals surface area (Å²) >= 11 is 5.78. The number of halogens is 1. The number of benzene rings is 2. The maximum atomic E-state index is 12.1. The van der Waals surface area contributed by atoms with Crippen molar-refractivity contribution in [3.63, 3.8) is 0 Å². The van der Waals surface area contributed by atoms with Gasteiger partial charge in [0.15, 0.2) is 0 Å². The molecule has 3 nitrogen and oxygen atoms in total. The van der Waals surface area contributed by atoms with E-state index in [1.807, 2.05) is 19.1 Å². The molecule has 0 radical (unpaired) electrons. The van der Waals surface area contributed by atoms with Gasteiger partial charge in [-0.1, -0.05) is 35.4 Å². The number of aryl methyl sites for hydroxylation is 1. The van der Waals surface area contributed by atoms with Crippen molar-refractivity contribution in [3.05, 3.63) is 59.1 Å². The second kappa shape index (κ2) is 5.00. The van der Waals surface area contributed by atoms with Gasteiger partial charge in [-0.25, -0.2) is 8.42 Å². The van der Waals surface area contributed by atoms with Crippen LogP contribution in [0, 0.1) is 6.92 Å². The molecule has 0 fully saturated rings. The quantitative estimate of drug-likeness (QED) is 0.937. The Labute approximate surface area is 111 Å². The first-order valence-corrected chi connectivity index (χ1v) is 7.18. The zero-order valence-corrected chi connectivity index (χ0v) is 11.3. The Balaban J connectivity index is 2.30. The van der Waals surface area contributed by atoms with E-state index in [9.17, 15) is 8.42 Å². The van der Waals surface area contributed by atoms with Gasteiger partial charge in [-0.2, -0.15) is 0 Å². The number of anilines is 1. The number of nitrogens with one attached hydrogen (secondary N) is 1. The van der Waals surface area contributed by atoms with E-state index in [-0.39, 0.29) is 4.90 Å². The molecule has 0 spiro atoms. The monoisotopic (exact) mass is 281 g/mol. The van der Waals surface area contributed by atoms with Gasteiger partial charge in [-0.15, -0.1) is 0 Å². The van der Waals surface area contributed by atoms with E-state index < -0.39 is 10.0 Å². The van der Waals surface area contributed by atoms with E-state index in [1.165, 1.54) is 12.1 Å². The summed E-state index contributed by atoms with van der Waals surface area (Å²) in [6.45, 7) is 1.94. The molecule has 2 aromatic carbocycles. The number of sulfonamides is 1. The molecular formula is C13H12ClNO2S. The Morgan fingerprint density at radius 2 is 1.72 bits per heavy atom. The van der Waals surface area contributed by atoms with Crippen molar-refractivity contribution in [3.8, 4) is 0 Å². The van der Waals surface area contributed by atoms with Gasteiger partial charge in [0.25, 0.3) is 10.0 Å². The van der Waals surface area contributed by atoms with Crippen molar-refractivity contribution in [1.82, 2.24) is 0 Å². The molecule has 18 heavy (non-hydrogen) atoms. The average Bonchev–Trinajstić information content (AvgIpc) is 2.32. The molecule has 0 aliphatic heterocycles. The predicted molar refractivity (Wildman–Crippen MR) is 73.4 cm³/mol. The summed E-state index contributed by atoms with van der Waals surface area (Å²) in [5.74, 6) is 0. The van der Waals surface area contributed by atoms with E-state index in [4.69, 9.17) is 11.6 Å². The molecule has 0 bridgehead atoms. The Morgan fingerprint density at radius 1 is 1.06 bits per heavy atom. The van der Waals surface area contributed by atoms with E-state index in [0.717, 1.165) is 5.56 Å².